The Hall–Kier alpha value is -3.93. The summed E-state index contributed by atoms with van der Waals surface area (Å²) in [6.45, 7) is 0.0946. The summed E-state index contributed by atoms with van der Waals surface area (Å²) in [6.07, 6.45) is 0.644. The van der Waals surface area contributed by atoms with Crippen molar-refractivity contribution in [3.8, 4) is 0 Å². The van der Waals surface area contributed by atoms with E-state index in [9.17, 15) is 14.4 Å². The molecule has 0 spiro atoms. The van der Waals surface area contributed by atoms with Gasteiger partial charge in [0, 0.05) is 6.42 Å². The molecule has 0 heterocycles. The van der Waals surface area contributed by atoms with Crippen LogP contribution in [0.4, 0.5) is 4.79 Å². The second-order valence-electron chi connectivity index (χ2n) is 7.39. The van der Waals surface area contributed by atoms with Gasteiger partial charge in [0.05, 0.1) is 6.04 Å². The van der Waals surface area contributed by atoms with Crippen LogP contribution in [0.5, 0.6) is 0 Å². The van der Waals surface area contributed by atoms with E-state index in [4.69, 9.17) is 4.74 Å². The molecule has 0 aromatic heterocycles. The fourth-order valence-electron chi connectivity index (χ4n) is 3.25. The molecule has 0 radical (unpaired) electrons. The molecule has 6 nitrogen and oxygen atoms in total. The Balaban J connectivity index is 1.64. The third-order valence-corrected chi connectivity index (χ3v) is 4.89. The van der Waals surface area contributed by atoms with Crippen molar-refractivity contribution in [2.24, 2.45) is 0 Å². The van der Waals surface area contributed by atoms with E-state index in [1.807, 2.05) is 91.0 Å². The van der Waals surface area contributed by atoms with Crippen molar-refractivity contribution >= 4 is 18.3 Å². The number of ether oxygens (including phenoxy) is 1. The van der Waals surface area contributed by atoms with E-state index in [1.165, 1.54) is 0 Å². The molecule has 2 atom stereocenters. The Morgan fingerprint density at radius 1 is 0.719 bits per heavy atom. The minimum absolute atomic E-state index is 0.0946. The van der Waals surface area contributed by atoms with Gasteiger partial charge in [-0.2, -0.15) is 0 Å². The van der Waals surface area contributed by atoms with Crippen LogP contribution in [-0.2, 0) is 33.8 Å². The van der Waals surface area contributed by atoms with E-state index < -0.39 is 24.1 Å². The fourth-order valence-corrected chi connectivity index (χ4v) is 3.25. The molecule has 0 saturated carbocycles. The van der Waals surface area contributed by atoms with Gasteiger partial charge in [0.1, 0.15) is 18.9 Å². The van der Waals surface area contributed by atoms with Gasteiger partial charge in [-0.1, -0.05) is 91.0 Å². The molecule has 0 aliphatic rings. The normalized spacial score (nSPS) is 12.2. The molecule has 3 rings (SSSR count). The van der Waals surface area contributed by atoms with Crippen molar-refractivity contribution < 1.29 is 19.1 Å². The van der Waals surface area contributed by atoms with Gasteiger partial charge in [0.2, 0.25) is 5.91 Å². The molecular weight excluding hydrogens is 404 g/mol. The molecule has 2 N–H and O–H groups in total. The summed E-state index contributed by atoms with van der Waals surface area (Å²) in [6, 6.07) is 26.5. The molecular formula is C26H26N2O4. The second-order valence-corrected chi connectivity index (χ2v) is 7.39. The first-order chi connectivity index (χ1) is 15.6. The Bertz CT molecular complexity index is 994. The average Bonchev–Trinajstić information content (AvgIpc) is 2.84. The Morgan fingerprint density at radius 2 is 1.22 bits per heavy atom. The quantitative estimate of drug-likeness (QED) is 0.483. The summed E-state index contributed by atoms with van der Waals surface area (Å²) >= 11 is 0. The minimum atomic E-state index is -0.890. The number of hydrogen-bond donors (Lipinski definition) is 2. The molecule has 1 unspecified atom stereocenters. The number of aldehydes is 1. The zero-order valence-electron chi connectivity index (χ0n) is 17.6. The summed E-state index contributed by atoms with van der Waals surface area (Å²) in [5.74, 6) is -0.446. The highest BCUT2D eigenvalue weighted by atomic mass is 16.5. The highest BCUT2D eigenvalue weighted by Crippen LogP contribution is 2.07. The monoisotopic (exact) mass is 430 g/mol. The summed E-state index contributed by atoms with van der Waals surface area (Å²) in [5, 5.41) is 5.38. The van der Waals surface area contributed by atoms with Crippen LogP contribution in [0.2, 0.25) is 0 Å². The lowest BCUT2D eigenvalue weighted by atomic mass is 10.0. The van der Waals surface area contributed by atoms with E-state index in [-0.39, 0.29) is 13.0 Å². The lowest BCUT2D eigenvalue weighted by molar-refractivity contribution is -0.125. The number of hydrogen-bond acceptors (Lipinski definition) is 4. The van der Waals surface area contributed by atoms with E-state index in [0.717, 1.165) is 16.7 Å². The molecule has 0 saturated heterocycles. The number of carbonyl (C=O) groups is 3. The lowest BCUT2D eigenvalue weighted by Gasteiger charge is -2.21. The number of nitrogens with one attached hydrogen (secondary N) is 2. The molecule has 3 aromatic carbocycles. The second kappa shape index (κ2) is 12.1. The van der Waals surface area contributed by atoms with Crippen LogP contribution in [-0.4, -0.2) is 30.4 Å². The molecule has 2 amide bonds. The number of alkyl carbamates (subject to hydrolysis) is 1. The van der Waals surface area contributed by atoms with Crippen LogP contribution < -0.4 is 10.6 Å². The predicted molar refractivity (Wildman–Crippen MR) is 122 cm³/mol. The molecule has 164 valence electrons. The van der Waals surface area contributed by atoms with Crippen LogP contribution in [0.3, 0.4) is 0 Å². The third-order valence-electron chi connectivity index (χ3n) is 4.89. The molecule has 0 bridgehead atoms. The maximum absolute atomic E-state index is 13.0. The maximum atomic E-state index is 13.0. The molecule has 0 aliphatic heterocycles. The largest absolute Gasteiger partial charge is 0.445 e. The number of rotatable bonds is 10. The van der Waals surface area contributed by atoms with Crippen molar-refractivity contribution in [2.75, 3.05) is 0 Å². The van der Waals surface area contributed by atoms with Gasteiger partial charge in [-0.3, -0.25) is 4.79 Å². The summed E-state index contributed by atoms with van der Waals surface area (Å²) < 4.78 is 5.27. The third kappa shape index (κ3) is 7.40. The standard InChI is InChI=1S/C26H26N2O4/c29-18-23(16-20-10-4-1-5-11-20)27-25(30)24(17-21-12-6-2-7-13-21)28-26(31)32-19-22-14-8-3-9-15-22/h1-15,18,23-24H,16-17,19H2,(H,27,30)(H,28,31)/t23?,24-/m0/s1. The highest BCUT2D eigenvalue weighted by Gasteiger charge is 2.24. The predicted octanol–water partition coefficient (Wildman–Crippen LogP) is 3.45. The van der Waals surface area contributed by atoms with Crippen molar-refractivity contribution in [3.05, 3.63) is 108 Å². The van der Waals surface area contributed by atoms with Crippen LogP contribution >= 0.6 is 0 Å². The first kappa shape index (κ1) is 22.7. The smallest absolute Gasteiger partial charge is 0.408 e. The van der Waals surface area contributed by atoms with Gasteiger partial charge in [-0.05, 0) is 23.1 Å². The van der Waals surface area contributed by atoms with Crippen molar-refractivity contribution in [1.82, 2.24) is 10.6 Å². The zero-order chi connectivity index (χ0) is 22.6. The Morgan fingerprint density at radius 3 is 1.75 bits per heavy atom. The molecule has 6 heteroatoms. The van der Waals surface area contributed by atoms with Gasteiger partial charge < -0.3 is 20.2 Å². The van der Waals surface area contributed by atoms with Crippen LogP contribution in [0.1, 0.15) is 16.7 Å². The van der Waals surface area contributed by atoms with Crippen LogP contribution in [0.25, 0.3) is 0 Å². The SMILES string of the molecule is O=CC(Cc1ccccc1)NC(=O)[C@H](Cc1ccccc1)NC(=O)OCc1ccccc1. The lowest BCUT2D eigenvalue weighted by Crippen LogP contribution is -2.51. The maximum Gasteiger partial charge on any atom is 0.408 e. The van der Waals surface area contributed by atoms with Gasteiger partial charge >= 0.3 is 6.09 Å². The van der Waals surface area contributed by atoms with E-state index in [2.05, 4.69) is 10.6 Å². The summed E-state index contributed by atoms with van der Waals surface area (Å²) in [4.78, 5) is 36.9. The first-order valence-corrected chi connectivity index (χ1v) is 10.4. The van der Waals surface area contributed by atoms with Crippen molar-refractivity contribution in [1.29, 1.82) is 0 Å². The topological polar surface area (TPSA) is 84.5 Å². The van der Waals surface area contributed by atoms with Gasteiger partial charge in [-0.25, -0.2) is 4.79 Å². The van der Waals surface area contributed by atoms with Crippen molar-refractivity contribution in [2.45, 2.75) is 31.5 Å². The summed E-state index contributed by atoms with van der Waals surface area (Å²) in [7, 11) is 0. The highest BCUT2D eigenvalue weighted by molar-refractivity contribution is 5.87. The number of amides is 2. The number of benzene rings is 3. The van der Waals surface area contributed by atoms with Gasteiger partial charge in [0.15, 0.2) is 0 Å². The molecule has 0 aliphatic carbocycles. The molecule has 32 heavy (non-hydrogen) atoms. The van der Waals surface area contributed by atoms with Gasteiger partial charge in [-0.15, -0.1) is 0 Å². The van der Waals surface area contributed by atoms with Crippen molar-refractivity contribution in [3.63, 3.8) is 0 Å². The number of carbonyl (C=O) groups excluding carboxylic acids is 3. The molecule has 3 aromatic rings. The van der Waals surface area contributed by atoms with E-state index in [1.54, 1.807) is 0 Å². The molecule has 0 fully saturated rings. The zero-order valence-corrected chi connectivity index (χ0v) is 17.6. The average molecular weight is 431 g/mol. The van der Waals surface area contributed by atoms with Gasteiger partial charge in [0.25, 0.3) is 0 Å². The summed E-state index contributed by atoms with van der Waals surface area (Å²) in [5.41, 5.74) is 2.65. The fraction of sp³-hybridized carbons (Fsp3) is 0.192. The first-order valence-electron chi connectivity index (χ1n) is 10.4. The van der Waals surface area contributed by atoms with Crippen LogP contribution in [0, 0.1) is 0 Å². The Kier molecular flexibility index (Phi) is 8.57. The van der Waals surface area contributed by atoms with Crippen LogP contribution in [0.15, 0.2) is 91.0 Å². The van der Waals surface area contributed by atoms with E-state index in [0.29, 0.717) is 12.7 Å². The Labute approximate surface area is 187 Å². The van der Waals surface area contributed by atoms with E-state index >= 15 is 0 Å². The minimum Gasteiger partial charge on any atom is -0.445 e.